The first-order valence-corrected chi connectivity index (χ1v) is 10.5. The lowest BCUT2D eigenvalue weighted by atomic mass is 10.0. The number of benzene rings is 3. The molecule has 0 fully saturated rings. The smallest absolute Gasteiger partial charge is 0.416 e. The summed E-state index contributed by atoms with van der Waals surface area (Å²) in [5.41, 5.74) is 1.42. The highest BCUT2D eigenvalue weighted by molar-refractivity contribution is 5.85. The summed E-state index contributed by atoms with van der Waals surface area (Å²) in [7, 11) is 1.22. The molecule has 178 valence electrons. The third kappa shape index (κ3) is 7.37. The topological polar surface area (TPSA) is 64.6 Å². The molecule has 34 heavy (non-hydrogen) atoms. The summed E-state index contributed by atoms with van der Waals surface area (Å²) in [5.74, 6) is -0.461. The van der Waals surface area contributed by atoms with Crippen LogP contribution >= 0.6 is 0 Å². The van der Waals surface area contributed by atoms with Crippen molar-refractivity contribution >= 4 is 11.9 Å². The fourth-order valence-electron chi connectivity index (χ4n) is 3.28. The molecule has 0 heterocycles. The van der Waals surface area contributed by atoms with E-state index in [1.54, 1.807) is 24.3 Å². The van der Waals surface area contributed by atoms with Crippen molar-refractivity contribution in [1.29, 1.82) is 0 Å². The number of hydrogen-bond donors (Lipinski definition) is 1. The number of amides is 1. The molecule has 1 N–H and O–H groups in total. The van der Waals surface area contributed by atoms with Crippen molar-refractivity contribution in [3.8, 4) is 5.75 Å². The van der Waals surface area contributed by atoms with Gasteiger partial charge in [0.05, 0.1) is 19.1 Å². The van der Waals surface area contributed by atoms with E-state index in [9.17, 15) is 22.8 Å². The Labute approximate surface area is 195 Å². The number of carbonyl (C=O) groups excluding carboxylic acids is 2. The summed E-state index contributed by atoms with van der Waals surface area (Å²) in [4.78, 5) is 24.6. The van der Waals surface area contributed by atoms with Gasteiger partial charge in [0.2, 0.25) is 5.91 Å². The van der Waals surface area contributed by atoms with Gasteiger partial charge in [-0.05, 0) is 41.0 Å². The van der Waals surface area contributed by atoms with Crippen molar-refractivity contribution in [1.82, 2.24) is 5.32 Å². The molecule has 0 saturated heterocycles. The van der Waals surface area contributed by atoms with Crippen LogP contribution < -0.4 is 10.1 Å². The van der Waals surface area contributed by atoms with Crippen LogP contribution in [0.25, 0.3) is 0 Å². The van der Waals surface area contributed by atoms with Crippen molar-refractivity contribution in [2.75, 3.05) is 7.11 Å². The number of rotatable bonds is 9. The SMILES string of the molecule is COC(=O)[C@H](Cc1ccc(OCc2ccccc2)cc1)NC(=O)Cc1ccc(C(F)(F)F)cc1. The molecule has 5 nitrogen and oxygen atoms in total. The van der Waals surface area contributed by atoms with Gasteiger partial charge >= 0.3 is 12.1 Å². The number of hydrogen-bond acceptors (Lipinski definition) is 4. The number of halogens is 3. The summed E-state index contributed by atoms with van der Waals surface area (Å²) >= 11 is 0. The lowest BCUT2D eigenvalue weighted by Crippen LogP contribution is -2.43. The molecule has 0 aromatic heterocycles. The van der Waals surface area contributed by atoms with Crippen molar-refractivity contribution in [3.63, 3.8) is 0 Å². The molecule has 3 aromatic carbocycles. The van der Waals surface area contributed by atoms with Crippen LogP contribution in [0.4, 0.5) is 13.2 Å². The first kappa shape index (κ1) is 24.8. The third-order valence-electron chi connectivity index (χ3n) is 5.08. The van der Waals surface area contributed by atoms with Crippen LogP contribution in [0.5, 0.6) is 5.75 Å². The fourth-order valence-corrected chi connectivity index (χ4v) is 3.28. The number of carbonyl (C=O) groups is 2. The van der Waals surface area contributed by atoms with Gasteiger partial charge in [-0.25, -0.2) is 4.79 Å². The van der Waals surface area contributed by atoms with Crippen molar-refractivity contribution in [2.45, 2.75) is 31.7 Å². The standard InChI is InChI=1S/C26H24F3NO4/c1-33-25(32)23(30-24(31)16-19-7-11-21(12-8-19)26(27,28)29)15-18-9-13-22(14-10-18)34-17-20-5-3-2-4-6-20/h2-14,23H,15-17H2,1H3,(H,30,31)/t23-/m0/s1. The van der Waals surface area contributed by atoms with Crippen LogP contribution in [0.3, 0.4) is 0 Å². The van der Waals surface area contributed by atoms with Gasteiger partial charge in [0, 0.05) is 6.42 Å². The molecular weight excluding hydrogens is 447 g/mol. The van der Waals surface area contributed by atoms with Crippen molar-refractivity contribution < 1.29 is 32.2 Å². The highest BCUT2D eigenvalue weighted by Gasteiger charge is 2.30. The zero-order chi connectivity index (χ0) is 24.6. The molecule has 0 aliphatic carbocycles. The molecule has 0 saturated carbocycles. The van der Waals surface area contributed by atoms with Crippen LogP contribution in [0.1, 0.15) is 22.3 Å². The van der Waals surface area contributed by atoms with Crippen LogP contribution in [0.2, 0.25) is 0 Å². The molecule has 0 radical (unpaired) electrons. The summed E-state index contributed by atoms with van der Waals surface area (Å²) < 4.78 is 48.6. The molecule has 0 aliphatic rings. The number of ether oxygens (including phenoxy) is 2. The summed E-state index contributed by atoms with van der Waals surface area (Å²) in [6.07, 6.45) is -4.43. The van der Waals surface area contributed by atoms with E-state index in [1.807, 2.05) is 30.3 Å². The minimum atomic E-state index is -4.45. The maximum absolute atomic E-state index is 12.7. The summed E-state index contributed by atoms with van der Waals surface area (Å²) in [5, 5.41) is 2.60. The first-order chi connectivity index (χ1) is 16.2. The Morgan fingerprint density at radius 1 is 0.853 bits per heavy atom. The zero-order valence-corrected chi connectivity index (χ0v) is 18.5. The Morgan fingerprint density at radius 2 is 1.47 bits per heavy atom. The highest BCUT2D eigenvalue weighted by atomic mass is 19.4. The van der Waals surface area contributed by atoms with Crippen molar-refractivity contribution in [3.05, 3.63) is 101 Å². The molecule has 0 aliphatic heterocycles. The molecule has 0 bridgehead atoms. The Kier molecular flexibility index (Phi) is 8.29. The number of alkyl halides is 3. The molecular formula is C26H24F3NO4. The monoisotopic (exact) mass is 471 g/mol. The second kappa shape index (κ2) is 11.4. The predicted octanol–water partition coefficient (Wildman–Crippen LogP) is 4.73. The normalized spacial score (nSPS) is 12.0. The minimum Gasteiger partial charge on any atom is -0.489 e. The average molecular weight is 471 g/mol. The van der Waals surface area contributed by atoms with E-state index in [0.717, 1.165) is 23.3 Å². The molecule has 0 spiro atoms. The van der Waals surface area contributed by atoms with Crippen LogP contribution in [0, 0.1) is 0 Å². The number of nitrogens with one attached hydrogen (secondary N) is 1. The lowest BCUT2D eigenvalue weighted by molar-refractivity contribution is -0.145. The maximum atomic E-state index is 12.7. The molecule has 1 amide bonds. The summed E-state index contributed by atoms with van der Waals surface area (Å²) in [6, 6.07) is 20.2. The lowest BCUT2D eigenvalue weighted by Gasteiger charge is -2.17. The van der Waals surface area contributed by atoms with Gasteiger partial charge in [-0.2, -0.15) is 13.2 Å². The third-order valence-corrected chi connectivity index (χ3v) is 5.08. The molecule has 0 unspecified atom stereocenters. The van der Waals surface area contributed by atoms with Gasteiger partial charge in [0.15, 0.2) is 0 Å². The molecule has 3 aromatic rings. The maximum Gasteiger partial charge on any atom is 0.416 e. The summed E-state index contributed by atoms with van der Waals surface area (Å²) in [6.45, 7) is 0.422. The van der Waals surface area contributed by atoms with E-state index in [-0.39, 0.29) is 12.8 Å². The van der Waals surface area contributed by atoms with E-state index in [0.29, 0.717) is 17.9 Å². The Hall–Kier alpha value is -3.81. The Bertz CT molecular complexity index is 1080. The van der Waals surface area contributed by atoms with Gasteiger partial charge in [-0.3, -0.25) is 4.79 Å². The minimum absolute atomic E-state index is 0.169. The van der Waals surface area contributed by atoms with Gasteiger partial charge < -0.3 is 14.8 Å². The van der Waals surface area contributed by atoms with E-state index >= 15 is 0 Å². The van der Waals surface area contributed by atoms with E-state index in [2.05, 4.69) is 5.32 Å². The highest BCUT2D eigenvalue weighted by Crippen LogP contribution is 2.29. The Morgan fingerprint density at radius 3 is 2.06 bits per heavy atom. The quantitative estimate of drug-likeness (QED) is 0.459. The van der Waals surface area contributed by atoms with Crippen LogP contribution in [0.15, 0.2) is 78.9 Å². The second-order valence-corrected chi connectivity index (χ2v) is 7.64. The Balaban J connectivity index is 1.57. The predicted molar refractivity (Wildman–Crippen MR) is 120 cm³/mol. The average Bonchev–Trinajstić information content (AvgIpc) is 2.83. The fraction of sp³-hybridized carbons (Fsp3) is 0.231. The molecule has 3 rings (SSSR count). The van der Waals surface area contributed by atoms with E-state index < -0.39 is 29.7 Å². The molecule has 8 heteroatoms. The van der Waals surface area contributed by atoms with Crippen molar-refractivity contribution in [2.24, 2.45) is 0 Å². The van der Waals surface area contributed by atoms with Gasteiger partial charge in [-0.15, -0.1) is 0 Å². The van der Waals surface area contributed by atoms with Gasteiger partial charge in [-0.1, -0.05) is 54.6 Å². The van der Waals surface area contributed by atoms with E-state index in [1.165, 1.54) is 19.2 Å². The van der Waals surface area contributed by atoms with E-state index in [4.69, 9.17) is 9.47 Å². The second-order valence-electron chi connectivity index (χ2n) is 7.64. The van der Waals surface area contributed by atoms with Gasteiger partial charge in [0.1, 0.15) is 18.4 Å². The first-order valence-electron chi connectivity index (χ1n) is 10.5. The number of esters is 1. The van der Waals surface area contributed by atoms with Crippen LogP contribution in [-0.4, -0.2) is 25.0 Å². The molecule has 1 atom stereocenters. The number of methoxy groups -OCH3 is 1. The van der Waals surface area contributed by atoms with Crippen LogP contribution in [-0.2, 0) is 40.0 Å². The largest absolute Gasteiger partial charge is 0.489 e. The van der Waals surface area contributed by atoms with Gasteiger partial charge in [0.25, 0.3) is 0 Å². The zero-order valence-electron chi connectivity index (χ0n) is 18.5.